The number of hydrogen-bond acceptors (Lipinski definition) is 0. The highest BCUT2D eigenvalue weighted by Gasteiger charge is 1.81. The number of aldehydes is 1. The minimum atomic E-state index is 1.18. The van der Waals surface area contributed by atoms with E-state index in [-0.39, 0.29) is 0 Å². The van der Waals surface area contributed by atoms with E-state index in [0.29, 0.717) is 0 Å². The first-order valence-corrected chi connectivity index (χ1v) is 3.51. The number of hydrogen-bond donors (Lipinski definition) is 0. The van der Waals surface area contributed by atoms with Crippen LogP contribution in [0.15, 0.2) is 36.4 Å². The minimum absolute atomic E-state index is 1.18. The smallest absolute Gasteiger partial charge is 0.266 e. The van der Waals surface area contributed by atoms with E-state index in [1.54, 1.807) is 13.4 Å². The zero-order valence-electron chi connectivity index (χ0n) is 6.53. The van der Waals surface area contributed by atoms with E-state index in [9.17, 15) is 0 Å². The van der Waals surface area contributed by atoms with Gasteiger partial charge in [0.25, 0.3) is 7.11 Å². The van der Waals surface area contributed by atoms with E-state index < -0.39 is 0 Å². The molecule has 0 heterocycles. The Bertz CT molecular complexity index is 247. The Morgan fingerprint density at radius 2 is 1.91 bits per heavy atom. The molecule has 0 radical (unpaired) electrons. The Kier molecular flexibility index (Phi) is 3.13. The van der Waals surface area contributed by atoms with Gasteiger partial charge in [-0.3, -0.25) is 4.42 Å². The Labute approximate surface area is 66.7 Å². The summed E-state index contributed by atoms with van der Waals surface area (Å²) in [6, 6.07) is 10.1. The molecule has 0 aliphatic carbocycles. The van der Waals surface area contributed by atoms with Crippen molar-refractivity contribution in [3.05, 3.63) is 42.0 Å². The molecule has 0 saturated heterocycles. The Morgan fingerprint density at radius 3 is 2.55 bits per heavy atom. The molecular formula is C10H11O+. The van der Waals surface area contributed by atoms with Crippen LogP contribution in [0.1, 0.15) is 5.56 Å². The van der Waals surface area contributed by atoms with Gasteiger partial charge in [0, 0.05) is 6.08 Å². The van der Waals surface area contributed by atoms with E-state index in [2.05, 4.69) is 0 Å². The molecule has 0 aliphatic rings. The number of benzene rings is 1. The number of rotatable bonds is 2. The standard InChI is InChI=1S/C10H11O/c1-11-9-5-8-10-6-3-2-4-7-10/h2-9H,1H3/q+1/b8-5+. The fourth-order valence-electron chi connectivity index (χ4n) is 0.793. The van der Waals surface area contributed by atoms with E-state index in [1.807, 2.05) is 42.5 Å². The van der Waals surface area contributed by atoms with Crippen LogP contribution < -0.4 is 0 Å². The molecular weight excluding hydrogens is 136 g/mol. The van der Waals surface area contributed by atoms with Crippen LogP contribution in [0.25, 0.3) is 6.08 Å². The Morgan fingerprint density at radius 1 is 1.18 bits per heavy atom. The monoisotopic (exact) mass is 147 g/mol. The van der Waals surface area contributed by atoms with Gasteiger partial charge in [0.1, 0.15) is 0 Å². The lowest BCUT2D eigenvalue weighted by atomic mass is 10.2. The normalized spacial score (nSPS) is 11.4. The molecule has 0 atom stereocenters. The lowest BCUT2D eigenvalue weighted by Crippen LogP contribution is -1.70. The SMILES string of the molecule is C[O+]=C/C=C/c1ccccc1. The molecule has 1 rings (SSSR count). The first kappa shape index (κ1) is 7.73. The van der Waals surface area contributed by atoms with E-state index >= 15 is 0 Å². The zero-order chi connectivity index (χ0) is 7.94. The van der Waals surface area contributed by atoms with Gasteiger partial charge in [-0.1, -0.05) is 30.3 Å². The summed E-state index contributed by atoms with van der Waals surface area (Å²) < 4.78 is 4.75. The van der Waals surface area contributed by atoms with Gasteiger partial charge in [-0.2, -0.15) is 0 Å². The van der Waals surface area contributed by atoms with E-state index in [1.165, 1.54) is 5.56 Å². The summed E-state index contributed by atoms with van der Waals surface area (Å²) in [5.74, 6) is 0. The van der Waals surface area contributed by atoms with Crippen molar-refractivity contribution < 1.29 is 4.42 Å². The van der Waals surface area contributed by atoms with E-state index in [0.717, 1.165) is 0 Å². The summed E-state index contributed by atoms with van der Waals surface area (Å²) in [6.07, 6.45) is 5.51. The fourth-order valence-corrected chi connectivity index (χ4v) is 0.793. The van der Waals surface area contributed by atoms with Crippen LogP contribution in [-0.4, -0.2) is 13.4 Å². The van der Waals surface area contributed by atoms with Crippen molar-refractivity contribution in [2.24, 2.45) is 0 Å². The van der Waals surface area contributed by atoms with Gasteiger partial charge in [-0.15, -0.1) is 0 Å². The molecule has 1 aromatic carbocycles. The third-order valence-corrected chi connectivity index (χ3v) is 1.30. The van der Waals surface area contributed by atoms with Crippen molar-refractivity contribution >= 4 is 12.4 Å². The molecule has 1 nitrogen and oxygen atoms in total. The van der Waals surface area contributed by atoms with Crippen molar-refractivity contribution in [2.75, 3.05) is 7.11 Å². The minimum Gasteiger partial charge on any atom is -0.266 e. The maximum absolute atomic E-state index is 4.75. The predicted octanol–water partition coefficient (Wildman–Crippen LogP) is 2.06. The average Bonchev–Trinajstić information content (AvgIpc) is 2.07. The molecule has 0 fully saturated rings. The highest BCUT2D eigenvalue weighted by molar-refractivity contribution is 5.73. The number of carbonyl (C=O) groups excluding carboxylic acids is 1. The average molecular weight is 147 g/mol. The van der Waals surface area contributed by atoms with Gasteiger partial charge in [0.05, 0.1) is 0 Å². The summed E-state index contributed by atoms with van der Waals surface area (Å²) in [5, 5.41) is 0. The second-order valence-electron chi connectivity index (χ2n) is 2.14. The zero-order valence-corrected chi connectivity index (χ0v) is 6.53. The molecule has 1 aromatic rings. The second kappa shape index (κ2) is 4.45. The Balaban J connectivity index is 2.64. The third-order valence-electron chi connectivity index (χ3n) is 1.30. The van der Waals surface area contributed by atoms with Crippen molar-refractivity contribution in [3.8, 4) is 0 Å². The van der Waals surface area contributed by atoms with Crippen LogP contribution in [0.3, 0.4) is 0 Å². The highest BCUT2D eigenvalue weighted by Crippen LogP contribution is 1.99. The van der Waals surface area contributed by atoms with E-state index in [4.69, 9.17) is 4.42 Å². The van der Waals surface area contributed by atoms with Gasteiger partial charge < -0.3 is 0 Å². The second-order valence-corrected chi connectivity index (χ2v) is 2.14. The summed E-state index contributed by atoms with van der Waals surface area (Å²) >= 11 is 0. The molecule has 0 amide bonds. The van der Waals surface area contributed by atoms with Crippen LogP contribution in [0.4, 0.5) is 0 Å². The van der Waals surface area contributed by atoms with Crippen LogP contribution in [-0.2, 0) is 4.42 Å². The first-order valence-electron chi connectivity index (χ1n) is 3.51. The van der Waals surface area contributed by atoms with Crippen LogP contribution in [0, 0.1) is 0 Å². The van der Waals surface area contributed by atoms with Gasteiger partial charge in [0.2, 0.25) is 0 Å². The molecule has 0 bridgehead atoms. The summed E-state index contributed by atoms with van der Waals surface area (Å²) in [5.41, 5.74) is 1.18. The van der Waals surface area contributed by atoms with Crippen molar-refractivity contribution in [1.29, 1.82) is 0 Å². The Hall–Kier alpha value is -1.37. The van der Waals surface area contributed by atoms with Crippen LogP contribution in [0.5, 0.6) is 0 Å². The third kappa shape index (κ3) is 2.80. The first-order chi connectivity index (χ1) is 5.43. The van der Waals surface area contributed by atoms with Crippen molar-refractivity contribution in [2.45, 2.75) is 0 Å². The highest BCUT2D eigenvalue weighted by atomic mass is 16.4. The molecule has 0 saturated carbocycles. The molecule has 56 valence electrons. The lowest BCUT2D eigenvalue weighted by molar-refractivity contribution is -0.413. The molecule has 0 unspecified atom stereocenters. The van der Waals surface area contributed by atoms with Crippen LogP contribution >= 0.6 is 0 Å². The predicted molar refractivity (Wildman–Crippen MR) is 47.5 cm³/mol. The maximum atomic E-state index is 4.75. The van der Waals surface area contributed by atoms with Gasteiger partial charge in [0.15, 0.2) is 0 Å². The number of allylic oxidation sites excluding steroid dienone is 1. The summed E-state index contributed by atoms with van der Waals surface area (Å²) in [6.45, 7) is 0. The molecule has 1 heteroatoms. The van der Waals surface area contributed by atoms with Gasteiger partial charge in [-0.25, -0.2) is 0 Å². The van der Waals surface area contributed by atoms with Crippen molar-refractivity contribution in [3.63, 3.8) is 0 Å². The van der Waals surface area contributed by atoms with Gasteiger partial charge in [-0.05, 0) is 11.6 Å². The fraction of sp³-hybridized carbons (Fsp3) is 0.100. The molecule has 11 heavy (non-hydrogen) atoms. The van der Waals surface area contributed by atoms with Gasteiger partial charge >= 0.3 is 6.29 Å². The largest absolute Gasteiger partial charge is 0.308 e. The van der Waals surface area contributed by atoms with Crippen LogP contribution in [0.2, 0.25) is 0 Å². The molecule has 0 N–H and O–H groups in total. The van der Waals surface area contributed by atoms with Crippen molar-refractivity contribution in [1.82, 2.24) is 0 Å². The topological polar surface area (TPSA) is 11.3 Å². The quantitative estimate of drug-likeness (QED) is 0.344. The summed E-state index contributed by atoms with van der Waals surface area (Å²) in [7, 11) is 1.63. The lowest BCUT2D eigenvalue weighted by Gasteiger charge is -1.86. The molecule has 0 aromatic heterocycles. The maximum Gasteiger partial charge on any atom is 0.308 e. The summed E-state index contributed by atoms with van der Waals surface area (Å²) in [4.78, 5) is 0. The molecule has 0 spiro atoms. The molecule has 0 aliphatic heterocycles.